The molecule has 0 aliphatic rings. The van der Waals surface area contributed by atoms with Crippen molar-refractivity contribution >= 4 is 5.69 Å². The highest BCUT2D eigenvalue weighted by Gasteiger charge is 2.11. The summed E-state index contributed by atoms with van der Waals surface area (Å²) in [4.78, 5) is 0. The molecule has 1 rings (SSSR count). The van der Waals surface area contributed by atoms with E-state index in [9.17, 15) is 0 Å². The highest BCUT2D eigenvalue weighted by Crippen LogP contribution is 2.21. The van der Waals surface area contributed by atoms with Crippen molar-refractivity contribution in [3.63, 3.8) is 0 Å². The highest BCUT2D eigenvalue weighted by atomic mass is 16.5. The molecule has 1 unspecified atom stereocenters. The lowest BCUT2D eigenvalue weighted by molar-refractivity contribution is 0.231. The summed E-state index contributed by atoms with van der Waals surface area (Å²) in [7, 11) is 0. The van der Waals surface area contributed by atoms with Crippen LogP contribution in [0.15, 0.2) is 6.20 Å². The maximum atomic E-state index is 8.68. The van der Waals surface area contributed by atoms with Crippen LogP contribution in [-0.2, 0) is 0 Å². The molecule has 0 aliphatic carbocycles. The summed E-state index contributed by atoms with van der Waals surface area (Å²) in [5, 5.41) is 12.7. The molecule has 5 heteroatoms. The lowest BCUT2D eigenvalue weighted by atomic mass is 10.4. The molecule has 0 radical (unpaired) electrons. The number of ether oxygens (including phenoxy) is 1. The van der Waals surface area contributed by atoms with Crippen LogP contribution in [0, 0.1) is 11.3 Å². The molecule has 0 saturated carbocycles. The predicted octanol–water partition coefficient (Wildman–Crippen LogP) is 1.34. The number of nitrogens with two attached hydrogens (primary N) is 1. The second kappa shape index (κ2) is 4.01. The van der Waals surface area contributed by atoms with E-state index in [1.165, 1.54) is 4.68 Å². The number of hydrogen-bond acceptors (Lipinski definition) is 4. The summed E-state index contributed by atoms with van der Waals surface area (Å²) in [6.07, 6.45) is 1.63. The fourth-order valence-corrected chi connectivity index (χ4v) is 0.962. The number of hydrogen-bond donors (Lipinski definition) is 1. The maximum Gasteiger partial charge on any atom is 0.256 e. The first-order valence-corrected chi connectivity index (χ1v) is 4.45. The van der Waals surface area contributed by atoms with Crippen molar-refractivity contribution in [2.45, 2.75) is 32.9 Å². The molecular weight excluding hydrogens is 180 g/mol. The fourth-order valence-electron chi connectivity index (χ4n) is 0.962. The van der Waals surface area contributed by atoms with Gasteiger partial charge in [0.25, 0.3) is 5.88 Å². The Morgan fingerprint density at radius 1 is 1.57 bits per heavy atom. The number of nitrogen functional groups attached to an aromatic ring is 1. The topological polar surface area (TPSA) is 76.9 Å². The lowest BCUT2D eigenvalue weighted by Crippen LogP contribution is -2.08. The van der Waals surface area contributed by atoms with E-state index in [0.717, 1.165) is 0 Å². The Kier molecular flexibility index (Phi) is 2.97. The van der Waals surface area contributed by atoms with Gasteiger partial charge in [0.15, 0.2) is 0 Å². The van der Waals surface area contributed by atoms with Crippen molar-refractivity contribution in [1.82, 2.24) is 9.78 Å². The number of aromatic nitrogens is 2. The van der Waals surface area contributed by atoms with Gasteiger partial charge in [0, 0.05) is 0 Å². The minimum Gasteiger partial charge on any atom is -0.472 e. The fraction of sp³-hybridized carbons (Fsp3) is 0.556. The van der Waals surface area contributed by atoms with Gasteiger partial charge < -0.3 is 10.5 Å². The molecule has 0 fully saturated rings. The smallest absolute Gasteiger partial charge is 0.256 e. The average Bonchev–Trinajstić information content (AvgIpc) is 2.46. The molecule has 1 aromatic rings. The standard InChI is InChI=1S/C9H14N4O/c1-6(2)14-9-8(11)5-13(12-9)7(3)4-10/h5-7H,11H2,1-3H3. The van der Waals surface area contributed by atoms with Gasteiger partial charge in [-0.05, 0) is 20.8 Å². The Labute approximate surface area is 83.1 Å². The summed E-state index contributed by atoms with van der Waals surface area (Å²) in [5.74, 6) is 0.391. The van der Waals surface area contributed by atoms with E-state index < -0.39 is 0 Å². The van der Waals surface area contributed by atoms with Gasteiger partial charge in [-0.3, -0.25) is 0 Å². The molecule has 1 aromatic heterocycles. The number of anilines is 1. The Morgan fingerprint density at radius 3 is 2.71 bits per heavy atom. The zero-order chi connectivity index (χ0) is 10.7. The van der Waals surface area contributed by atoms with Crippen LogP contribution in [0.3, 0.4) is 0 Å². The first-order valence-electron chi connectivity index (χ1n) is 4.45. The molecule has 14 heavy (non-hydrogen) atoms. The molecule has 5 nitrogen and oxygen atoms in total. The van der Waals surface area contributed by atoms with E-state index >= 15 is 0 Å². The molecule has 0 aliphatic heterocycles. The first-order chi connectivity index (χ1) is 6.54. The molecule has 0 saturated heterocycles. The second-order valence-corrected chi connectivity index (χ2v) is 3.34. The molecule has 0 amide bonds. The minimum absolute atomic E-state index is 0.0260. The van der Waals surface area contributed by atoms with Gasteiger partial charge in [0.2, 0.25) is 0 Å². The molecule has 1 atom stereocenters. The molecule has 0 bridgehead atoms. The van der Waals surface area contributed by atoms with Crippen LogP contribution in [0.1, 0.15) is 26.8 Å². The SMILES string of the molecule is CC(C)Oc1nn(C(C)C#N)cc1N. The highest BCUT2D eigenvalue weighted by molar-refractivity contribution is 5.46. The van der Waals surface area contributed by atoms with Gasteiger partial charge in [0.1, 0.15) is 11.7 Å². The van der Waals surface area contributed by atoms with Crippen LogP contribution in [0.4, 0.5) is 5.69 Å². The first kappa shape index (κ1) is 10.4. The van der Waals surface area contributed by atoms with Crippen LogP contribution in [0.2, 0.25) is 0 Å². The van der Waals surface area contributed by atoms with E-state index in [1.807, 2.05) is 13.8 Å². The lowest BCUT2D eigenvalue weighted by Gasteiger charge is -2.06. The van der Waals surface area contributed by atoms with Crippen molar-refractivity contribution in [3.05, 3.63) is 6.20 Å². The van der Waals surface area contributed by atoms with Gasteiger partial charge in [-0.15, -0.1) is 5.10 Å². The van der Waals surface area contributed by atoms with Crippen molar-refractivity contribution in [1.29, 1.82) is 5.26 Å². The van der Waals surface area contributed by atoms with Crippen molar-refractivity contribution in [2.24, 2.45) is 0 Å². The van der Waals surface area contributed by atoms with Crippen LogP contribution in [-0.4, -0.2) is 15.9 Å². The summed E-state index contributed by atoms with van der Waals surface area (Å²) < 4.78 is 6.85. The summed E-state index contributed by atoms with van der Waals surface area (Å²) in [6, 6.07) is 1.73. The van der Waals surface area contributed by atoms with Crippen LogP contribution in [0.5, 0.6) is 5.88 Å². The third-order valence-electron chi connectivity index (χ3n) is 1.66. The van der Waals surface area contributed by atoms with Crippen LogP contribution < -0.4 is 10.5 Å². The van der Waals surface area contributed by atoms with Gasteiger partial charge in [-0.25, -0.2) is 4.68 Å². The molecule has 1 heterocycles. The van der Waals surface area contributed by atoms with E-state index in [0.29, 0.717) is 11.6 Å². The number of nitriles is 1. The third-order valence-corrected chi connectivity index (χ3v) is 1.66. The normalized spacial score (nSPS) is 12.5. The maximum absolute atomic E-state index is 8.68. The van der Waals surface area contributed by atoms with Crippen molar-refractivity contribution in [2.75, 3.05) is 5.73 Å². The second-order valence-electron chi connectivity index (χ2n) is 3.34. The molecular formula is C9H14N4O. The van der Waals surface area contributed by atoms with E-state index in [4.69, 9.17) is 15.7 Å². The van der Waals surface area contributed by atoms with E-state index in [1.54, 1.807) is 13.1 Å². The zero-order valence-electron chi connectivity index (χ0n) is 8.56. The Balaban J connectivity index is 2.88. The number of rotatable bonds is 3. The summed E-state index contributed by atoms with van der Waals surface area (Å²) in [5.41, 5.74) is 6.12. The summed E-state index contributed by atoms with van der Waals surface area (Å²) >= 11 is 0. The predicted molar refractivity (Wildman–Crippen MR) is 52.7 cm³/mol. The monoisotopic (exact) mass is 194 g/mol. The summed E-state index contributed by atoms with van der Waals surface area (Å²) in [6.45, 7) is 5.53. The van der Waals surface area contributed by atoms with E-state index in [2.05, 4.69) is 11.2 Å². The van der Waals surface area contributed by atoms with Crippen LogP contribution >= 0.6 is 0 Å². The van der Waals surface area contributed by atoms with Crippen molar-refractivity contribution < 1.29 is 4.74 Å². The number of nitrogens with zero attached hydrogens (tertiary/aromatic N) is 3. The minimum atomic E-state index is -0.332. The van der Waals surface area contributed by atoms with Crippen molar-refractivity contribution in [3.8, 4) is 11.9 Å². The zero-order valence-corrected chi connectivity index (χ0v) is 8.56. The van der Waals surface area contributed by atoms with Crippen LogP contribution in [0.25, 0.3) is 0 Å². The Bertz CT molecular complexity index is 350. The van der Waals surface area contributed by atoms with Gasteiger partial charge >= 0.3 is 0 Å². The van der Waals surface area contributed by atoms with E-state index in [-0.39, 0.29) is 12.1 Å². The Morgan fingerprint density at radius 2 is 2.21 bits per heavy atom. The molecule has 76 valence electrons. The van der Waals surface area contributed by atoms with Gasteiger partial charge in [-0.2, -0.15) is 5.26 Å². The van der Waals surface area contributed by atoms with Gasteiger partial charge in [0.05, 0.1) is 18.4 Å². The largest absolute Gasteiger partial charge is 0.472 e. The molecule has 0 spiro atoms. The Hall–Kier alpha value is -1.70. The van der Waals surface area contributed by atoms with Gasteiger partial charge in [-0.1, -0.05) is 0 Å². The molecule has 0 aromatic carbocycles. The third kappa shape index (κ3) is 2.16. The average molecular weight is 194 g/mol. The quantitative estimate of drug-likeness (QED) is 0.787. The molecule has 2 N–H and O–H groups in total.